The van der Waals surface area contributed by atoms with E-state index in [4.69, 9.17) is 5.11 Å². The minimum Gasteiger partial charge on any atom is -0.478 e. The monoisotopic (exact) mass is 418 g/mol. The quantitative estimate of drug-likeness (QED) is 0.450. The SMILES string of the molecule is O=C(Nc1ccc(I)cc1C(=O)O)c1ccc([N+](=O)[O-])s1. The highest BCUT2D eigenvalue weighted by Gasteiger charge is 2.18. The van der Waals surface area contributed by atoms with E-state index in [0.29, 0.717) is 0 Å². The maximum Gasteiger partial charge on any atom is 0.337 e. The summed E-state index contributed by atoms with van der Waals surface area (Å²) in [5, 5.41) is 22.0. The molecule has 0 aliphatic heterocycles. The standard InChI is InChI=1S/C12H7IN2O5S/c13-6-1-2-8(7(5-6)12(17)18)14-11(16)9-3-4-10(21-9)15(19)20/h1-5H,(H,14,16)(H,17,18). The largest absolute Gasteiger partial charge is 0.478 e. The summed E-state index contributed by atoms with van der Waals surface area (Å²) in [6, 6.07) is 7.11. The molecule has 2 rings (SSSR count). The lowest BCUT2D eigenvalue weighted by Gasteiger charge is -2.07. The fourth-order valence-corrected chi connectivity index (χ4v) is 2.74. The van der Waals surface area contributed by atoms with E-state index >= 15 is 0 Å². The molecule has 1 aromatic carbocycles. The van der Waals surface area contributed by atoms with Gasteiger partial charge in [0.1, 0.15) is 0 Å². The van der Waals surface area contributed by atoms with Gasteiger partial charge in [-0.3, -0.25) is 14.9 Å². The number of aromatic carboxylic acids is 1. The molecule has 2 aromatic rings. The first kappa shape index (κ1) is 15.4. The average Bonchev–Trinajstić information content (AvgIpc) is 2.90. The maximum atomic E-state index is 12.0. The van der Waals surface area contributed by atoms with Crippen molar-refractivity contribution in [2.24, 2.45) is 0 Å². The van der Waals surface area contributed by atoms with Crippen molar-refractivity contribution in [3.05, 3.63) is 54.5 Å². The normalized spacial score (nSPS) is 10.1. The van der Waals surface area contributed by atoms with E-state index in [0.717, 1.165) is 14.9 Å². The van der Waals surface area contributed by atoms with E-state index in [2.05, 4.69) is 5.32 Å². The van der Waals surface area contributed by atoms with Crippen LogP contribution < -0.4 is 5.32 Å². The lowest BCUT2D eigenvalue weighted by atomic mass is 10.2. The molecule has 0 radical (unpaired) electrons. The van der Waals surface area contributed by atoms with Crippen molar-refractivity contribution in [2.75, 3.05) is 5.32 Å². The lowest BCUT2D eigenvalue weighted by Crippen LogP contribution is -2.13. The molecule has 0 unspecified atom stereocenters. The van der Waals surface area contributed by atoms with Crippen LogP contribution in [0.5, 0.6) is 0 Å². The first-order valence-electron chi connectivity index (χ1n) is 5.47. The van der Waals surface area contributed by atoms with Crippen molar-refractivity contribution in [1.29, 1.82) is 0 Å². The number of benzene rings is 1. The van der Waals surface area contributed by atoms with Crippen LogP contribution in [0.1, 0.15) is 20.0 Å². The van der Waals surface area contributed by atoms with Crippen molar-refractivity contribution in [3.8, 4) is 0 Å². The predicted molar refractivity (Wildman–Crippen MR) is 85.0 cm³/mol. The second-order valence-electron chi connectivity index (χ2n) is 3.84. The van der Waals surface area contributed by atoms with E-state index in [1.807, 2.05) is 22.6 Å². The van der Waals surface area contributed by atoms with Gasteiger partial charge in [0.15, 0.2) is 0 Å². The number of nitro groups is 1. The molecule has 0 spiro atoms. The lowest BCUT2D eigenvalue weighted by molar-refractivity contribution is -0.380. The molecular weight excluding hydrogens is 411 g/mol. The van der Waals surface area contributed by atoms with Gasteiger partial charge >= 0.3 is 11.0 Å². The number of anilines is 1. The summed E-state index contributed by atoms with van der Waals surface area (Å²) < 4.78 is 0.717. The highest BCUT2D eigenvalue weighted by molar-refractivity contribution is 14.1. The van der Waals surface area contributed by atoms with Crippen molar-refractivity contribution in [3.63, 3.8) is 0 Å². The second kappa shape index (κ2) is 6.18. The van der Waals surface area contributed by atoms with Crippen LogP contribution in [0.2, 0.25) is 0 Å². The first-order valence-corrected chi connectivity index (χ1v) is 7.36. The van der Waals surface area contributed by atoms with Crippen molar-refractivity contribution in [1.82, 2.24) is 0 Å². The minimum absolute atomic E-state index is 0.0405. The van der Waals surface area contributed by atoms with E-state index in [1.165, 1.54) is 24.3 Å². The highest BCUT2D eigenvalue weighted by atomic mass is 127. The van der Waals surface area contributed by atoms with Gasteiger partial charge < -0.3 is 10.4 Å². The van der Waals surface area contributed by atoms with Crippen LogP contribution in [0.3, 0.4) is 0 Å². The Hall–Kier alpha value is -2.01. The zero-order valence-corrected chi connectivity index (χ0v) is 13.2. The Kier molecular flexibility index (Phi) is 4.53. The fourth-order valence-electron chi connectivity index (χ4n) is 1.53. The smallest absolute Gasteiger partial charge is 0.337 e. The van der Waals surface area contributed by atoms with E-state index < -0.39 is 16.8 Å². The van der Waals surface area contributed by atoms with Gasteiger partial charge in [0.25, 0.3) is 5.91 Å². The molecule has 1 aromatic heterocycles. The van der Waals surface area contributed by atoms with E-state index in [-0.39, 0.29) is 21.1 Å². The van der Waals surface area contributed by atoms with Gasteiger partial charge in [0, 0.05) is 9.64 Å². The molecule has 108 valence electrons. The molecule has 0 bridgehead atoms. The average molecular weight is 418 g/mol. The molecule has 0 aliphatic carbocycles. The maximum absolute atomic E-state index is 12.0. The Morgan fingerprint density at radius 2 is 2.00 bits per heavy atom. The zero-order valence-electron chi connectivity index (χ0n) is 10.2. The van der Waals surface area contributed by atoms with Crippen LogP contribution in [0.4, 0.5) is 10.7 Å². The topological polar surface area (TPSA) is 110 Å². The Morgan fingerprint density at radius 3 is 2.57 bits per heavy atom. The molecule has 1 heterocycles. The number of nitrogens with one attached hydrogen (secondary N) is 1. The van der Waals surface area contributed by atoms with Crippen molar-refractivity contribution < 1.29 is 19.6 Å². The van der Waals surface area contributed by atoms with Crippen molar-refractivity contribution in [2.45, 2.75) is 0 Å². The van der Waals surface area contributed by atoms with E-state index in [9.17, 15) is 19.7 Å². The van der Waals surface area contributed by atoms with Gasteiger partial charge in [-0.25, -0.2) is 4.79 Å². The number of thiophene rings is 1. The third-order valence-corrected chi connectivity index (χ3v) is 4.16. The Labute approximate surface area is 135 Å². The van der Waals surface area contributed by atoms with Gasteiger partial charge in [-0.05, 0) is 46.9 Å². The third-order valence-electron chi connectivity index (χ3n) is 2.46. The van der Waals surface area contributed by atoms with E-state index in [1.54, 1.807) is 6.07 Å². The molecule has 2 N–H and O–H groups in total. The number of hydrogen-bond donors (Lipinski definition) is 2. The first-order chi connectivity index (χ1) is 9.88. The zero-order chi connectivity index (χ0) is 15.6. The molecule has 1 amide bonds. The van der Waals surface area contributed by atoms with Crippen molar-refractivity contribution >= 4 is 56.5 Å². The van der Waals surface area contributed by atoms with Crippen LogP contribution in [-0.4, -0.2) is 21.9 Å². The molecule has 7 nitrogen and oxygen atoms in total. The van der Waals surface area contributed by atoms with Crippen LogP contribution in [0.25, 0.3) is 0 Å². The Morgan fingerprint density at radius 1 is 1.29 bits per heavy atom. The van der Waals surface area contributed by atoms with Crippen LogP contribution in [0.15, 0.2) is 30.3 Å². The summed E-state index contributed by atoms with van der Waals surface area (Å²) in [5.74, 6) is -1.75. The van der Waals surface area contributed by atoms with Crippen LogP contribution in [-0.2, 0) is 0 Å². The van der Waals surface area contributed by atoms with Gasteiger partial charge in [-0.2, -0.15) is 0 Å². The number of carboxylic acid groups (broad SMARTS) is 1. The molecule has 0 atom stereocenters. The number of carbonyl (C=O) groups excluding carboxylic acids is 1. The summed E-state index contributed by atoms with van der Waals surface area (Å²) in [5.41, 5.74) is 0.102. The summed E-state index contributed by atoms with van der Waals surface area (Å²) in [4.78, 5) is 33.3. The molecule has 0 saturated carbocycles. The Bertz CT molecular complexity index is 743. The summed E-state index contributed by atoms with van der Waals surface area (Å²) in [6.45, 7) is 0. The fraction of sp³-hybridized carbons (Fsp3) is 0. The number of carbonyl (C=O) groups is 2. The number of halogens is 1. The molecule has 21 heavy (non-hydrogen) atoms. The highest BCUT2D eigenvalue weighted by Crippen LogP contribution is 2.26. The predicted octanol–water partition coefficient (Wildman–Crippen LogP) is 3.21. The van der Waals surface area contributed by atoms with Gasteiger partial charge in [0.2, 0.25) is 0 Å². The third kappa shape index (κ3) is 3.55. The summed E-state index contributed by atoms with van der Waals surface area (Å²) in [6.07, 6.45) is 0. The number of nitrogens with zero attached hydrogens (tertiary/aromatic N) is 1. The second-order valence-corrected chi connectivity index (χ2v) is 6.15. The molecule has 0 fully saturated rings. The minimum atomic E-state index is -1.17. The van der Waals surface area contributed by atoms with Gasteiger partial charge in [-0.15, -0.1) is 0 Å². The van der Waals surface area contributed by atoms with Crippen LogP contribution in [0, 0.1) is 13.7 Å². The molecule has 0 aliphatic rings. The van der Waals surface area contributed by atoms with Gasteiger partial charge in [-0.1, -0.05) is 11.3 Å². The summed E-state index contributed by atoms with van der Waals surface area (Å²) in [7, 11) is 0. The summed E-state index contributed by atoms with van der Waals surface area (Å²) >= 11 is 2.69. The number of hydrogen-bond acceptors (Lipinski definition) is 5. The number of rotatable bonds is 4. The van der Waals surface area contributed by atoms with Gasteiger partial charge in [0.05, 0.1) is 21.1 Å². The van der Waals surface area contributed by atoms with Crippen LogP contribution >= 0.6 is 33.9 Å². The number of carboxylic acids is 1. The number of amides is 1. The molecule has 0 saturated heterocycles. The molecular formula is C12H7IN2O5S. The molecule has 9 heteroatoms. The Balaban J connectivity index is 2.27.